The van der Waals surface area contributed by atoms with Crippen LogP contribution in [0.15, 0.2) is 15.8 Å². The van der Waals surface area contributed by atoms with Crippen LogP contribution in [0.5, 0.6) is 0 Å². The lowest BCUT2D eigenvalue weighted by molar-refractivity contribution is 0.0762. The minimum atomic E-state index is -0.713. The summed E-state index contributed by atoms with van der Waals surface area (Å²) in [7, 11) is 0. The highest BCUT2D eigenvalue weighted by Gasteiger charge is 2.26. The van der Waals surface area contributed by atoms with Gasteiger partial charge < -0.3 is 15.0 Å². The van der Waals surface area contributed by atoms with E-state index in [4.69, 9.17) is 0 Å². The molecule has 1 amide bonds. The van der Waals surface area contributed by atoms with Gasteiger partial charge in [-0.3, -0.25) is 14.6 Å². The Kier molecular flexibility index (Phi) is 2.61. The number of aliphatic hydroxyl groups is 1. The topological polar surface area (TPSA) is 106 Å². The molecule has 1 atom stereocenters. The van der Waals surface area contributed by atoms with E-state index >= 15 is 0 Å². The number of amides is 1. The SMILES string of the molecule is O=C(c1c[nH]c(=O)[nH]c1=O)N1CC[C@H](O)C1. The number of carbonyl (C=O) groups is 1. The van der Waals surface area contributed by atoms with Crippen LogP contribution in [0.4, 0.5) is 0 Å². The van der Waals surface area contributed by atoms with E-state index in [0.29, 0.717) is 13.0 Å². The maximum Gasteiger partial charge on any atom is 0.325 e. The molecule has 1 aromatic rings. The molecule has 1 aliphatic rings. The van der Waals surface area contributed by atoms with Gasteiger partial charge in [-0.15, -0.1) is 0 Å². The lowest BCUT2D eigenvalue weighted by Gasteiger charge is -2.14. The van der Waals surface area contributed by atoms with E-state index < -0.39 is 23.3 Å². The van der Waals surface area contributed by atoms with E-state index in [1.54, 1.807) is 0 Å². The smallest absolute Gasteiger partial charge is 0.325 e. The minimum absolute atomic E-state index is 0.117. The zero-order chi connectivity index (χ0) is 11.7. The first-order valence-electron chi connectivity index (χ1n) is 4.87. The second-order valence-electron chi connectivity index (χ2n) is 3.68. The van der Waals surface area contributed by atoms with Gasteiger partial charge in [-0.05, 0) is 6.42 Å². The molecule has 3 N–H and O–H groups in total. The average molecular weight is 225 g/mol. The molecule has 7 nitrogen and oxygen atoms in total. The Labute approximate surface area is 89.7 Å². The first-order chi connectivity index (χ1) is 7.58. The standard InChI is InChI=1S/C9H11N3O4/c13-5-1-2-12(4-5)8(15)6-3-10-9(16)11-7(6)14/h3,5,13H,1-2,4H2,(H2,10,11,14,16)/t5-/m0/s1. The molecule has 0 spiro atoms. The fraction of sp³-hybridized carbons (Fsp3) is 0.444. The normalized spacial score (nSPS) is 20.1. The molecule has 2 heterocycles. The van der Waals surface area contributed by atoms with Crippen LogP contribution < -0.4 is 11.2 Å². The Morgan fingerprint density at radius 3 is 2.81 bits per heavy atom. The lowest BCUT2D eigenvalue weighted by Crippen LogP contribution is -2.36. The highest BCUT2D eigenvalue weighted by atomic mass is 16.3. The first-order valence-corrected chi connectivity index (χ1v) is 4.87. The van der Waals surface area contributed by atoms with E-state index in [2.05, 4.69) is 4.98 Å². The van der Waals surface area contributed by atoms with Gasteiger partial charge in [-0.2, -0.15) is 0 Å². The molecule has 16 heavy (non-hydrogen) atoms. The molecule has 1 saturated heterocycles. The van der Waals surface area contributed by atoms with Gasteiger partial charge in [-0.1, -0.05) is 0 Å². The monoisotopic (exact) mass is 225 g/mol. The molecule has 1 aromatic heterocycles. The summed E-state index contributed by atoms with van der Waals surface area (Å²) in [5, 5.41) is 9.27. The number of aromatic amines is 2. The number of carbonyl (C=O) groups excluding carboxylic acids is 1. The Morgan fingerprint density at radius 1 is 1.50 bits per heavy atom. The first kappa shape index (κ1) is 10.6. The van der Waals surface area contributed by atoms with Gasteiger partial charge in [0.2, 0.25) is 0 Å². The Bertz CT molecular complexity index is 518. The van der Waals surface area contributed by atoms with Gasteiger partial charge in [0.15, 0.2) is 0 Å². The number of rotatable bonds is 1. The molecule has 0 unspecified atom stereocenters. The van der Waals surface area contributed by atoms with Gasteiger partial charge in [-0.25, -0.2) is 4.79 Å². The number of hydrogen-bond donors (Lipinski definition) is 3. The van der Waals surface area contributed by atoms with Crippen LogP contribution in [0.3, 0.4) is 0 Å². The molecule has 2 rings (SSSR count). The van der Waals surface area contributed by atoms with Gasteiger partial charge in [0.1, 0.15) is 5.56 Å². The molecular formula is C9H11N3O4. The summed E-state index contributed by atoms with van der Waals surface area (Å²) < 4.78 is 0. The van der Waals surface area contributed by atoms with E-state index in [1.165, 1.54) is 4.90 Å². The highest BCUT2D eigenvalue weighted by molar-refractivity contribution is 5.93. The zero-order valence-corrected chi connectivity index (χ0v) is 8.40. The quantitative estimate of drug-likeness (QED) is 0.528. The fourth-order valence-corrected chi connectivity index (χ4v) is 1.67. The summed E-state index contributed by atoms with van der Waals surface area (Å²) in [5.41, 5.74) is -1.48. The summed E-state index contributed by atoms with van der Waals surface area (Å²) in [5.74, 6) is -0.478. The van der Waals surface area contributed by atoms with Crippen molar-refractivity contribution in [2.75, 3.05) is 13.1 Å². The van der Waals surface area contributed by atoms with E-state index in [1.807, 2.05) is 4.98 Å². The van der Waals surface area contributed by atoms with Crippen molar-refractivity contribution in [1.29, 1.82) is 0 Å². The molecule has 0 radical (unpaired) electrons. The van der Waals surface area contributed by atoms with Crippen molar-refractivity contribution in [2.24, 2.45) is 0 Å². The summed E-state index contributed by atoms with van der Waals surface area (Å²) in [6, 6.07) is 0. The third kappa shape index (κ3) is 1.89. The minimum Gasteiger partial charge on any atom is -0.391 e. The molecule has 7 heteroatoms. The predicted octanol–water partition coefficient (Wildman–Crippen LogP) is -1.73. The number of aliphatic hydroxyl groups excluding tert-OH is 1. The van der Waals surface area contributed by atoms with Gasteiger partial charge in [0.05, 0.1) is 6.10 Å². The number of hydrogen-bond acceptors (Lipinski definition) is 4. The van der Waals surface area contributed by atoms with Gasteiger partial charge in [0, 0.05) is 19.3 Å². The Balaban J connectivity index is 2.28. The van der Waals surface area contributed by atoms with Crippen LogP contribution in [0, 0.1) is 0 Å². The molecule has 1 fully saturated rings. The van der Waals surface area contributed by atoms with Crippen LogP contribution in [0.1, 0.15) is 16.8 Å². The lowest BCUT2D eigenvalue weighted by atomic mass is 10.3. The van der Waals surface area contributed by atoms with Crippen molar-refractivity contribution in [2.45, 2.75) is 12.5 Å². The fourth-order valence-electron chi connectivity index (χ4n) is 1.67. The van der Waals surface area contributed by atoms with Crippen LogP contribution in [0.25, 0.3) is 0 Å². The number of β-amino-alcohol motifs (C(OH)–C–C–N with tert-alkyl or cyclic N) is 1. The second kappa shape index (κ2) is 3.93. The van der Waals surface area contributed by atoms with Crippen molar-refractivity contribution >= 4 is 5.91 Å². The molecule has 0 aromatic carbocycles. The summed E-state index contributed by atoms with van der Waals surface area (Å²) in [6.45, 7) is 0.635. The molecule has 0 aliphatic carbocycles. The molecular weight excluding hydrogens is 214 g/mol. The van der Waals surface area contributed by atoms with Crippen molar-refractivity contribution < 1.29 is 9.90 Å². The number of aromatic nitrogens is 2. The Morgan fingerprint density at radius 2 is 2.25 bits per heavy atom. The summed E-state index contributed by atoms with van der Waals surface area (Å²) in [4.78, 5) is 39.5. The maximum atomic E-state index is 11.8. The summed E-state index contributed by atoms with van der Waals surface area (Å²) in [6.07, 6.45) is 1.06. The second-order valence-corrected chi connectivity index (χ2v) is 3.68. The Hall–Kier alpha value is -1.89. The predicted molar refractivity (Wildman–Crippen MR) is 54.2 cm³/mol. The van der Waals surface area contributed by atoms with Crippen molar-refractivity contribution in [1.82, 2.24) is 14.9 Å². The zero-order valence-electron chi connectivity index (χ0n) is 8.40. The van der Waals surface area contributed by atoms with Crippen LogP contribution >= 0.6 is 0 Å². The van der Waals surface area contributed by atoms with Crippen molar-refractivity contribution in [3.05, 3.63) is 32.6 Å². The van der Waals surface area contributed by atoms with E-state index in [-0.39, 0.29) is 12.1 Å². The molecule has 1 aliphatic heterocycles. The van der Waals surface area contributed by atoms with Crippen LogP contribution in [0.2, 0.25) is 0 Å². The van der Waals surface area contributed by atoms with E-state index in [0.717, 1.165) is 6.20 Å². The van der Waals surface area contributed by atoms with Gasteiger partial charge >= 0.3 is 5.69 Å². The number of H-pyrrole nitrogens is 2. The van der Waals surface area contributed by atoms with E-state index in [9.17, 15) is 19.5 Å². The molecule has 0 bridgehead atoms. The largest absolute Gasteiger partial charge is 0.391 e. The number of likely N-dealkylation sites (tertiary alicyclic amines) is 1. The number of nitrogens with zero attached hydrogens (tertiary/aromatic N) is 1. The third-order valence-corrected chi connectivity index (χ3v) is 2.50. The molecule has 86 valence electrons. The molecule has 0 saturated carbocycles. The van der Waals surface area contributed by atoms with Crippen molar-refractivity contribution in [3.8, 4) is 0 Å². The summed E-state index contributed by atoms with van der Waals surface area (Å²) >= 11 is 0. The highest BCUT2D eigenvalue weighted by Crippen LogP contribution is 2.10. The average Bonchev–Trinajstić information content (AvgIpc) is 2.64. The van der Waals surface area contributed by atoms with Crippen LogP contribution in [-0.2, 0) is 0 Å². The maximum absolute atomic E-state index is 11.8. The van der Waals surface area contributed by atoms with Crippen molar-refractivity contribution in [3.63, 3.8) is 0 Å². The van der Waals surface area contributed by atoms with Crippen LogP contribution in [-0.4, -0.2) is 45.1 Å². The third-order valence-electron chi connectivity index (χ3n) is 2.50. The number of nitrogens with one attached hydrogen (secondary N) is 2. The van der Waals surface area contributed by atoms with Gasteiger partial charge in [0.25, 0.3) is 11.5 Å².